The van der Waals surface area contributed by atoms with Crippen LogP contribution in [0.3, 0.4) is 0 Å². The van der Waals surface area contributed by atoms with Gasteiger partial charge in [0.25, 0.3) is 5.56 Å². The molecule has 0 bridgehead atoms. The Labute approximate surface area is 253 Å². The van der Waals surface area contributed by atoms with E-state index in [2.05, 4.69) is 27.7 Å². The molecule has 0 atom stereocenters. The van der Waals surface area contributed by atoms with Crippen LogP contribution in [0.1, 0.15) is 11.1 Å². The summed E-state index contributed by atoms with van der Waals surface area (Å²) in [6.45, 7) is 0.533. The lowest BCUT2D eigenvalue weighted by atomic mass is 10.2. The smallest absolute Gasteiger partial charge is 0.282 e. The SMILES string of the molecule is COc1cc(C=Nn2c(-c3cc4ccccc4o3)nc3ccccc3c2=O)cc(I)c1OCc1ccc2c(c1)OCO2. The van der Waals surface area contributed by atoms with Crippen LogP contribution in [0.5, 0.6) is 23.0 Å². The number of para-hydroxylation sites is 2. The van der Waals surface area contributed by atoms with E-state index in [1.54, 1.807) is 37.6 Å². The summed E-state index contributed by atoms with van der Waals surface area (Å²) >= 11 is 2.20. The van der Waals surface area contributed by atoms with Gasteiger partial charge in [-0.25, -0.2) is 4.98 Å². The second kappa shape index (κ2) is 10.9. The van der Waals surface area contributed by atoms with Crippen LogP contribution in [0.2, 0.25) is 0 Å². The van der Waals surface area contributed by atoms with Gasteiger partial charge in [-0.1, -0.05) is 36.4 Å². The number of fused-ring (bicyclic) bond motifs is 3. The molecule has 0 radical (unpaired) electrons. The first-order valence-electron chi connectivity index (χ1n) is 13.0. The standard InChI is InChI=1S/C32H22IN3O6/c1-38-28-14-20(12-23(33)30(28)39-17-19-10-11-26-27(13-19)41-18-40-26)16-34-36-31(29-15-21-6-2-5-9-25(21)42-29)35-24-8-4-3-7-22(24)32(36)37/h2-16H,17-18H2,1H3. The van der Waals surface area contributed by atoms with Crippen molar-refractivity contribution in [1.82, 2.24) is 9.66 Å². The zero-order chi connectivity index (χ0) is 28.6. The molecule has 0 aliphatic carbocycles. The highest BCUT2D eigenvalue weighted by atomic mass is 127. The number of hydrogen-bond acceptors (Lipinski definition) is 8. The molecule has 0 N–H and O–H groups in total. The Hall–Kier alpha value is -4.84. The summed E-state index contributed by atoms with van der Waals surface area (Å²) in [5.74, 6) is 3.29. The van der Waals surface area contributed by atoms with Crippen LogP contribution < -0.4 is 24.5 Å². The predicted octanol–water partition coefficient (Wildman–Crippen LogP) is 6.61. The molecule has 0 saturated carbocycles. The summed E-state index contributed by atoms with van der Waals surface area (Å²) in [7, 11) is 1.58. The number of aromatic nitrogens is 2. The number of ether oxygens (including phenoxy) is 4. The Kier molecular flexibility index (Phi) is 6.74. The van der Waals surface area contributed by atoms with E-state index in [9.17, 15) is 4.79 Å². The average molecular weight is 671 g/mol. The number of rotatable bonds is 7. The Balaban J connectivity index is 1.24. The molecule has 1 aliphatic heterocycles. The van der Waals surface area contributed by atoms with E-state index in [1.807, 2.05) is 60.7 Å². The lowest BCUT2D eigenvalue weighted by Gasteiger charge is -2.14. The van der Waals surface area contributed by atoms with Crippen molar-refractivity contribution in [3.63, 3.8) is 0 Å². The third-order valence-corrected chi connectivity index (χ3v) is 7.60. The maximum absolute atomic E-state index is 13.6. The zero-order valence-corrected chi connectivity index (χ0v) is 24.4. The lowest BCUT2D eigenvalue weighted by molar-refractivity contribution is 0.174. The summed E-state index contributed by atoms with van der Waals surface area (Å²) in [5, 5.41) is 5.93. The molecule has 0 fully saturated rings. The number of benzene rings is 4. The summed E-state index contributed by atoms with van der Waals surface area (Å²) in [6.07, 6.45) is 1.59. The largest absolute Gasteiger partial charge is 0.493 e. The second-order valence-corrected chi connectivity index (χ2v) is 10.6. The minimum Gasteiger partial charge on any atom is -0.493 e. The van der Waals surface area contributed by atoms with Gasteiger partial charge in [-0.15, -0.1) is 0 Å². The van der Waals surface area contributed by atoms with E-state index in [4.69, 9.17) is 28.3 Å². The van der Waals surface area contributed by atoms with Crippen LogP contribution in [0.4, 0.5) is 0 Å². The normalized spacial score (nSPS) is 12.4. The molecule has 0 unspecified atom stereocenters. The Bertz CT molecular complexity index is 2030. The maximum Gasteiger partial charge on any atom is 0.282 e. The van der Waals surface area contributed by atoms with Crippen LogP contribution in [0.25, 0.3) is 33.5 Å². The average Bonchev–Trinajstić information content (AvgIpc) is 3.66. The highest BCUT2D eigenvalue weighted by molar-refractivity contribution is 14.1. The minimum atomic E-state index is -0.308. The third kappa shape index (κ3) is 4.83. The summed E-state index contributed by atoms with van der Waals surface area (Å²) in [4.78, 5) is 18.3. The van der Waals surface area contributed by atoms with Crippen molar-refractivity contribution in [2.45, 2.75) is 6.61 Å². The second-order valence-electron chi connectivity index (χ2n) is 9.47. The van der Waals surface area contributed by atoms with Crippen LogP contribution in [0, 0.1) is 3.57 Å². The molecule has 3 heterocycles. The molecular formula is C32H22IN3O6. The van der Waals surface area contributed by atoms with E-state index < -0.39 is 0 Å². The van der Waals surface area contributed by atoms with Crippen molar-refractivity contribution in [1.29, 1.82) is 0 Å². The third-order valence-electron chi connectivity index (χ3n) is 6.79. The van der Waals surface area contributed by atoms with Crippen molar-refractivity contribution < 1.29 is 23.4 Å². The van der Waals surface area contributed by atoms with Gasteiger partial charge in [-0.2, -0.15) is 9.78 Å². The van der Waals surface area contributed by atoms with E-state index in [-0.39, 0.29) is 12.4 Å². The van der Waals surface area contributed by atoms with Gasteiger partial charge >= 0.3 is 0 Å². The van der Waals surface area contributed by atoms with Gasteiger partial charge in [0.2, 0.25) is 12.6 Å². The molecule has 6 aromatic rings. The Morgan fingerprint density at radius 3 is 2.71 bits per heavy atom. The van der Waals surface area contributed by atoms with Crippen molar-refractivity contribution in [3.05, 3.63) is 110 Å². The predicted molar refractivity (Wildman–Crippen MR) is 167 cm³/mol. The minimum absolute atomic E-state index is 0.218. The molecule has 1 aliphatic rings. The van der Waals surface area contributed by atoms with Crippen molar-refractivity contribution in [2.75, 3.05) is 13.9 Å². The van der Waals surface area contributed by atoms with Gasteiger partial charge in [-0.05, 0) is 82.2 Å². The van der Waals surface area contributed by atoms with Crippen LogP contribution >= 0.6 is 22.6 Å². The molecule has 0 amide bonds. The monoisotopic (exact) mass is 671 g/mol. The molecule has 0 spiro atoms. The van der Waals surface area contributed by atoms with Gasteiger partial charge in [0.1, 0.15) is 12.2 Å². The van der Waals surface area contributed by atoms with E-state index in [0.29, 0.717) is 57.5 Å². The van der Waals surface area contributed by atoms with Gasteiger partial charge in [0, 0.05) is 5.39 Å². The molecule has 9 nitrogen and oxygen atoms in total. The molecule has 208 valence electrons. The van der Waals surface area contributed by atoms with E-state index in [1.165, 1.54) is 4.68 Å². The fraction of sp³-hybridized carbons (Fsp3) is 0.0938. The zero-order valence-electron chi connectivity index (χ0n) is 22.2. The summed E-state index contributed by atoms with van der Waals surface area (Å²) < 4.78 is 30.8. The number of nitrogens with zero attached hydrogens (tertiary/aromatic N) is 3. The number of hydrogen-bond donors (Lipinski definition) is 0. The molecule has 42 heavy (non-hydrogen) atoms. The molecule has 2 aromatic heterocycles. The maximum atomic E-state index is 13.6. The highest BCUT2D eigenvalue weighted by Gasteiger charge is 2.18. The lowest BCUT2D eigenvalue weighted by Crippen LogP contribution is -2.20. The Morgan fingerprint density at radius 1 is 1.00 bits per heavy atom. The van der Waals surface area contributed by atoms with Gasteiger partial charge in [-0.3, -0.25) is 4.79 Å². The fourth-order valence-electron chi connectivity index (χ4n) is 4.75. The number of methoxy groups -OCH3 is 1. The molecule has 10 heteroatoms. The quantitative estimate of drug-likeness (QED) is 0.139. The number of furan rings is 1. The van der Waals surface area contributed by atoms with Crippen molar-refractivity contribution in [2.24, 2.45) is 5.10 Å². The van der Waals surface area contributed by atoms with Crippen LogP contribution in [-0.2, 0) is 6.61 Å². The first-order chi connectivity index (χ1) is 20.6. The van der Waals surface area contributed by atoms with Gasteiger partial charge in [0.05, 0.1) is 27.8 Å². The molecule has 4 aromatic carbocycles. The number of halogens is 1. The molecule has 7 rings (SSSR count). The first-order valence-corrected chi connectivity index (χ1v) is 14.1. The van der Waals surface area contributed by atoms with Crippen molar-refractivity contribution >= 4 is 50.7 Å². The topological polar surface area (TPSA) is 97.3 Å². The fourth-order valence-corrected chi connectivity index (χ4v) is 5.53. The summed E-state index contributed by atoms with van der Waals surface area (Å²) in [5.41, 5.74) is 2.59. The molecule has 0 saturated heterocycles. The van der Waals surface area contributed by atoms with Crippen LogP contribution in [-0.4, -0.2) is 29.8 Å². The highest BCUT2D eigenvalue weighted by Crippen LogP contribution is 2.36. The van der Waals surface area contributed by atoms with E-state index in [0.717, 1.165) is 20.3 Å². The van der Waals surface area contributed by atoms with Crippen molar-refractivity contribution in [3.8, 4) is 34.6 Å². The first kappa shape index (κ1) is 26.1. The Morgan fingerprint density at radius 2 is 1.83 bits per heavy atom. The van der Waals surface area contributed by atoms with E-state index >= 15 is 0 Å². The molecular weight excluding hydrogens is 649 g/mol. The summed E-state index contributed by atoms with van der Waals surface area (Å²) in [6, 6.07) is 26.1. The van der Waals surface area contributed by atoms with Gasteiger partial charge in [0.15, 0.2) is 28.8 Å². The van der Waals surface area contributed by atoms with Gasteiger partial charge < -0.3 is 23.4 Å². The van der Waals surface area contributed by atoms with Crippen LogP contribution in [0.15, 0.2) is 99.2 Å².